The topological polar surface area (TPSA) is 105 Å². The number of piperidine rings is 1. The van der Waals surface area contributed by atoms with E-state index in [-0.39, 0.29) is 24.2 Å². The summed E-state index contributed by atoms with van der Waals surface area (Å²) < 4.78 is 0. The van der Waals surface area contributed by atoms with Crippen LogP contribution in [0.5, 0.6) is 0 Å². The van der Waals surface area contributed by atoms with Crippen LogP contribution in [0, 0.1) is 5.92 Å². The molecule has 0 radical (unpaired) electrons. The first kappa shape index (κ1) is 17.6. The molecule has 2 aromatic rings. The highest BCUT2D eigenvalue weighted by Gasteiger charge is 2.28. The van der Waals surface area contributed by atoms with Crippen LogP contribution in [-0.2, 0) is 16.0 Å². The number of hydrogen-bond acceptors (Lipinski definition) is 6. The Balaban J connectivity index is 1.50. The van der Waals surface area contributed by atoms with E-state index in [1.807, 2.05) is 17.5 Å². The van der Waals surface area contributed by atoms with Crippen LogP contribution in [-0.4, -0.2) is 40.7 Å². The maximum Gasteiger partial charge on any atom is 0.263 e. The van der Waals surface area contributed by atoms with Crippen molar-refractivity contribution in [1.29, 1.82) is 0 Å². The molecule has 1 fully saturated rings. The number of aromatic nitrogens is 1. The number of nitrogens with two attached hydrogens (primary N) is 1. The normalized spacial score (nSPS) is 15.1. The summed E-state index contributed by atoms with van der Waals surface area (Å²) in [6, 6.07) is 3.68. The van der Waals surface area contributed by atoms with Crippen molar-refractivity contribution in [3.05, 3.63) is 33.5 Å². The van der Waals surface area contributed by atoms with E-state index in [0.717, 1.165) is 4.88 Å². The average Bonchev–Trinajstić information content (AvgIpc) is 3.26. The lowest BCUT2D eigenvalue weighted by molar-refractivity contribution is -0.121. The Morgan fingerprint density at radius 3 is 2.68 bits per heavy atom. The molecule has 0 atom stereocenters. The summed E-state index contributed by atoms with van der Waals surface area (Å²) in [5.74, 6) is -0.657. The van der Waals surface area contributed by atoms with Gasteiger partial charge in [0.1, 0.15) is 0 Å². The van der Waals surface area contributed by atoms with Crippen LogP contribution in [0.4, 0.5) is 5.13 Å². The molecule has 7 nitrogen and oxygen atoms in total. The number of primary amides is 1. The average molecular weight is 378 g/mol. The van der Waals surface area contributed by atoms with Crippen LogP contribution in [0.1, 0.15) is 28.2 Å². The van der Waals surface area contributed by atoms with Gasteiger partial charge in [-0.05, 0) is 24.3 Å². The fraction of sp³-hybridized carbons (Fsp3) is 0.375. The number of hydrogen-bond donors (Lipinski definition) is 2. The number of amides is 3. The summed E-state index contributed by atoms with van der Waals surface area (Å²) >= 11 is 2.70. The minimum absolute atomic E-state index is 0.0323. The monoisotopic (exact) mass is 378 g/mol. The molecule has 25 heavy (non-hydrogen) atoms. The molecule has 132 valence electrons. The molecule has 0 spiro atoms. The van der Waals surface area contributed by atoms with Gasteiger partial charge in [0.25, 0.3) is 5.91 Å². The molecule has 1 aliphatic heterocycles. The van der Waals surface area contributed by atoms with Crippen LogP contribution in [0.3, 0.4) is 0 Å². The number of thiazole rings is 1. The summed E-state index contributed by atoms with van der Waals surface area (Å²) in [4.78, 5) is 42.3. The second kappa shape index (κ2) is 7.75. The van der Waals surface area contributed by atoms with E-state index in [1.54, 1.807) is 10.3 Å². The molecule has 3 N–H and O–H groups in total. The molecule has 2 aromatic heterocycles. The SMILES string of the molecule is NC(=O)Cc1csc(NC(=O)C2CCN(C(=O)c3cccs3)CC2)n1. The molecule has 0 aromatic carbocycles. The van der Waals surface area contributed by atoms with E-state index in [2.05, 4.69) is 10.3 Å². The number of rotatable bonds is 5. The van der Waals surface area contributed by atoms with Gasteiger partial charge in [0.2, 0.25) is 11.8 Å². The lowest BCUT2D eigenvalue weighted by Gasteiger charge is -2.30. The first-order valence-electron chi connectivity index (χ1n) is 7.89. The summed E-state index contributed by atoms with van der Waals surface area (Å²) in [5.41, 5.74) is 5.69. The fourth-order valence-electron chi connectivity index (χ4n) is 2.73. The van der Waals surface area contributed by atoms with Crippen molar-refractivity contribution in [2.75, 3.05) is 18.4 Å². The van der Waals surface area contributed by atoms with Gasteiger partial charge in [-0.25, -0.2) is 4.98 Å². The van der Waals surface area contributed by atoms with Crippen LogP contribution in [0.25, 0.3) is 0 Å². The molecule has 9 heteroatoms. The zero-order chi connectivity index (χ0) is 17.8. The molecular weight excluding hydrogens is 360 g/mol. The molecule has 1 saturated heterocycles. The minimum atomic E-state index is -0.453. The zero-order valence-electron chi connectivity index (χ0n) is 13.4. The van der Waals surface area contributed by atoms with Crippen molar-refractivity contribution >= 4 is 45.5 Å². The van der Waals surface area contributed by atoms with Crippen LogP contribution in [0.2, 0.25) is 0 Å². The number of carbonyl (C=O) groups is 3. The Bertz CT molecular complexity index is 764. The highest BCUT2D eigenvalue weighted by molar-refractivity contribution is 7.14. The van der Waals surface area contributed by atoms with Crippen molar-refractivity contribution in [3.63, 3.8) is 0 Å². The van der Waals surface area contributed by atoms with Gasteiger partial charge in [0.05, 0.1) is 17.0 Å². The van der Waals surface area contributed by atoms with Crippen LogP contribution in [0.15, 0.2) is 22.9 Å². The van der Waals surface area contributed by atoms with E-state index >= 15 is 0 Å². The van der Waals surface area contributed by atoms with Crippen molar-refractivity contribution in [2.45, 2.75) is 19.3 Å². The molecule has 0 bridgehead atoms. The van der Waals surface area contributed by atoms with E-state index in [4.69, 9.17) is 5.73 Å². The number of carbonyl (C=O) groups excluding carboxylic acids is 3. The largest absolute Gasteiger partial charge is 0.369 e. The van der Waals surface area contributed by atoms with Crippen LogP contribution >= 0.6 is 22.7 Å². The summed E-state index contributed by atoms with van der Waals surface area (Å²) in [6.07, 6.45) is 1.32. The summed E-state index contributed by atoms with van der Waals surface area (Å²) in [6.45, 7) is 1.14. The highest BCUT2D eigenvalue weighted by atomic mass is 32.1. The molecule has 0 unspecified atom stereocenters. The third-order valence-corrected chi connectivity index (χ3v) is 5.69. The first-order valence-corrected chi connectivity index (χ1v) is 9.65. The number of nitrogens with one attached hydrogen (secondary N) is 1. The van der Waals surface area contributed by atoms with Crippen LogP contribution < -0.4 is 11.1 Å². The second-order valence-electron chi connectivity index (χ2n) is 5.82. The summed E-state index contributed by atoms with van der Waals surface area (Å²) in [7, 11) is 0. The maximum absolute atomic E-state index is 12.4. The Hall–Kier alpha value is -2.26. The van der Waals surface area contributed by atoms with Gasteiger partial charge in [-0.3, -0.25) is 14.4 Å². The third kappa shape index (κ3) is 4.43. The van der Waals surface area contributed by atoms with Crippen molar-refractivity contribution in [3.8, 4) is 0 Å². The first-order chi connectivity index (χ1) is 12.0. The Kier molecular flexibility index (Phi) is 5.44. The molecule has 3 amide bonds. The lowest BCUT2D eigenvalue weighted by Crippen LogP contribution is -2.41. The number of anilines is 1. The predicted octanol–water partition coefficient (Wildman–Crippen LogP) is 1.72. The van der Waals surface area contributed by atoms with Gasteiger partial charge >= 0.3 is 0 Å². The number of likely N-dealkylation sites (tertiary alicyclic amines) is 1. The predicted molar refractivity (Wildman–Crippen MR) is 96.6 cm³/mol. The second-order valence-corrected chi connectivity index (χ2v) is 7.63. The van der Waals surface area contributed by atoms with Gasteiger partial charge in [0.15, 0.2) is 5.13 Å². The van der Waals surface area contributed by atoms with Gasteiger partial charge in [0, 0.05) is 24.4 Å². The van der Waals surface area contributed by atoms with Gasteiger partial charge in [-0.1, -0.05) is 6.07 Å². The highest BCUT2D eigenvalue weighted by Crippen LogP contribution is 2.23. The van der Waals surface area contributed by atoms with Crippen molar-refractivity contribution in [1.82, 2.24) is 9.88 Å². The van der Waals surface area contributed by atoms with Crippen molar-refractivity contribution in [2.24, 2.45) is 11.7 Å². The molecule has 3 rings (SSSR count). The Labute approximate surface area is 152 Å². The van der Waals surface area contributed by atoms with E-state index < -0.39 is 5.91 Å². The van der Waals surface area contributed by atoms with Gasteiger partial charge in [-0.2, -0.15) is 0 Å². The number of nitrogens with zero attached hydrogens (tertiary/aromatic N) is 2. The maximum atomic E-state index is 12.4. The quantitative estimate of drug-likeness (QED) is 0.826. The Morgan fingerprint density at radius 1 is 1.28 bits per heavy atom. The van der Waals surface area contributed by atoms with E-state index in [0.29, 0.717) is 36.8 Å². The Morgan fingerprint density at radius 2 is 2.04 bits per heavy atom. The lowest BCUT2D eigenvalue weighted by atomic mass is 9.96. The standard InChI is InChI=1S/C16H18N4O3S2/c17-13(21)8-11-9-25-16(18-11)19-14(22)10-3-5-20(6-4-10)15(23)12-2-1-7-24-12/h1-2,7,9-10H,3-6,8H2,(H2,17,21)(H,18,19,22). The zero-order valence-corrected chi connectivity index (χ0v) is 15.1. The fourth-order valence-corrected chi connectivity index (χ4v) is 4.14. The van der Waals surface area contributed by atoms with Gasteiger partial charge < -0.3 is 16.0 Å². The van der Waals surface area contributed by atoms with Gasteiger partial charge in [-0.15, -0.1) is 22.7 Å². The molecule has 0 aliphatic carbocycles. The van der Waals surface area contributed by atoms with Crippen molar-refractivity contribution < 1.29 is 14.4 Å². The molecular formula is C16H18N4O3S2. The molecule has 3 heterocycles. The molecule has 0 saturated carbocycles. The smallest absolute Gasteiger partial charge is 0.263 e. The minimum Gasteiger partial charge on any atom is -0.369 e. The summed E-state index contributed by atoms with van der Waals surface area (Å²) in [5, 5.41) is 6.86. The third-order valence-electron chi connectivity index (χ3n) is 4.02. The van der Waals surface area contributed by atoms with E-state index in [1.165, 1.54) is 22.7 Å². The molecule has 1 aliphatic rings. The number of thiophene rings is 1. The van der Waals surface area contributed by atoms with E-state index in [9.17, 15) is 14.4 Å².